The van der Waals surface area contributed by atoms with E-state index in [0.29, 0.717) is 21.3 Å². The molecule has 94 valence electrons. The predicted molar refractivity (Wildman–Crippen MR) is 67.8 cm³/mol. The van der Waals surface area contributed by atoms with E-state index in [1.165, 1.54) is 17.8 Å². The van der Waals surface area contributed by atoms with Crippen LogP contribution in [0.4, 0.5) is 0 Å². The monoisotopic (exact) mass is 285 g/mol. The summed E-state index contributed by atoms with van der Waals surface area (Å²) in [6.45, 7) is 1.52. The van der Waals surface area contributed by atoms with Gasteiger partial charge in [0.1, 0.15) is 6.04 Å². The lowest BCUT2D eigenvalue weighted by Crippen LogP contribution is -2.17. The Labute approximate surface area is 113 Å². The van der Waals surface area contributed by atoms with Crippen molar-refractivity contribution in [3.63, 3.8) is 0 Å². The molecular weight excluding hydrogens is 277 g/mol. The van der Waals surface area contributed by atoms with Crippen LogP contribution in [0.15, 0.2) is 24.4 Å². The molecule has 2 aromatic rings. The van der Waals surface area contributed by atoms with E-state index < -0.39 is 12.0 Å². The molecule has 0 spiro atoms. The van der Waals surface area contributed by atoms with Crippen LogP contribution in [0.25, 0.3) is 11.3 Å². The van der Waals surface area contributed by atoms with E-state index >= 15 is 0 Å². The van der Waals surface area contributed by atoms with Gasteiger partial charge in [-0.2, -0.15) is 0 Å². The Morgan fingerprint density at radius 2 is 2.17 bits per heavy atom. The third-order valence-corrected chi connectivity index (χ3v) is 3.05. The quantitative estimate of drug-likeness (QED) is 0.942. The van der Waals surface area contributed by atoms with Crippen molar-refractivity contribution >= 4 is 29.2 Å². The van der Waals surface area contributed by atoms with E-state index in [-0.39, 0.29) is 0 Å². The normalized spacial score (nSPS) is 12.4. The minimum absolute atomic E-state index is 0.420. The van der Waals surface area contributed by atoms with Crippen molar-refractivity contribution in [3.05, 3.63) is 34.4 Å². The maximum absolute atomic E-state index is 11.0. The summed E-state index contributed by atoms with van der Waals surface area (Å²) in [5.74, 6) is -0.994. The van der Waals surface area contributed by atoms with E-state index in [2.05, 4.69) is 10.3 Å². The first-order chi connectivity index (χ1) is 8.50. The average Bonchev–Trinajstić information content (AvgIpc) is 2.76. The average molecular weight is 286 g/mol. The fraction of sp³-hybridized carbons (Fsp3) is 0.182. The maximum Gasteiger partial charge on any atom is 0.328 e. The van der Waals surface area contributed by atoms with Crippen LogP contribution in [0.5, 0.6) is 0 Å². The van der Waals surface area contributed by atoms with Gasteiger partial charge >= 0.3 is 5.97 Å². The highest BCUT2D eigenvalue weighted by atomic mass is 35.5. The number of hydrogen-bond acceptors (Lipinski definition) is 3. The molecule has 0 saturated carbocycles. The molecular formula is C11H9Cl2N3O2. The second-order valence-corrected chi connectivity index (χ2v) is 4.55. The largest absolute Gasteiger partial charge is 0.480 e. The fourth-order valence-electron chi connectivity index (χ4n) is 1.52. The minimum Gasteiger partial charge on any atom is -0.480 e. The Morgan fingerprint density at radius 3 is 2.78 bits per heavy atom. The molecule has 0 amide bonds. The molecule has 0 saturated heterocycles. The number of aliphatic carboxylic acids is 1. The highest BCUT2D eigenvalue weighted by Gasteiger charge is 2.20. The summed E-state index contributed by atoms with van der Waals surface area (Å²) in [4.78, 5) is 11.0. The Bertz CT molecular complexity index is 598. The molecule has 0 aliphatic rings. The molecule has 0 bridgehead atoms. The standard InChI is InChI=1S/C11H9Cl2N3O2/c1-6(11(17)18)16-10(5-14-15-16)8-3-2-7(12)4-9(8)13/h2-6H,1H3,(H,17,18). The molecule has 5 nitrogen and oxygen atoms in total. The van der Waals surface area contributed by atoms with Crippen molar-refractivity contribution in [2.45, 2.75) is 13.0 Å². The zero-order chi connectivity index (χ0) is 13.3. The molecule has 1 aromatic carbocycles. The maximum atomic E-state index is 11.0. The number of aromatic nitrogens is 3. The Kier molecular flexibility index (Phi) is 3.54. The highest BCUT2D eigenvalue weighted by Crippen LogP contribution is 2.30. The van der Waals surface area contributed by atoms with Gasteiger partial charge in [-0.05, 0) is 25.1 Å². The minimum atomic E-state index is -0.994. The Morgan fingerprint density at radius 1 is 1.44 bits per heavy atom. The predicted octanol–water partition coefficient (Wildman–Crippen LogP) is 2.90. The molecule has 0 aliphatic carbocycles. The van der Waals surface area contributed by atoms with E-state index in [1.54, 1.807) is 18.2 Å². The van der Waals surface area contributed by atoms with Gasteiger partial charge in [-0.1, -0.05) is 28.4 Å². The molecule has 1 unspecified atom stereocenters. The first-order valence-electron chi connectivity index (χ1n) is 5.09. The van der Waals surface area contributed by atoms with E-state index in [9.17, 15) is 4.79 Å². The summed E-state index contributed by atoms with van der Waals surface area (Å²) >= 11 is 11.9. The molecule has 18 heavy (non-hydrogen) atoms. The number of halogens is 2. The van der Waals surface area contributed by atoms with Gasteiger partial charge in [0.05, 0.1) is 16.9 Å². The van der Waals surface area contributed by atoms with Crippen molar-refractivity contribution in [2.24, 2.45) is 0 Å². The van der Waals surface area contributed by atoms with Gasteiger partial charge in [-0.15, -0.1) is 5.10 Å². The molecule has 0 fully saturated rings. The number of rotatable bonds is 3. The van der Waals surface area contributed by atoms with Crippen molar-refractivity contribution in [3.8, 4) is 11.3 Å². The number of carboxylic acid groups (broad SMARTS) is 1. The lowest BCUT2D eigenvalue weighted by Gasteiger charge is -2.11. The van der Waals surface area contributed by atoms with Crippen molar-refractivity contribution in [2.75, 3.05) is 0 Å². The first kappa shape index (κ1) is 12.9. The topological polar surface area (TPSA) is 68.0 Å². The smallest absolute Gasteiger partial charge is 0.328 e. The summed E-state index contributed by atoms with van der Waals surface area (Å²) in [6.07, 6.45) is 1.47. The second-order valence-electron chi connectivity index (χ2n) is 3.70. The summed E-state index contributed by atoms with van der Waals surface area (Å²) in [5.41, 5.74) is 1.17. The summed E-state index contributed by atoms with van der Waals surface area (Å²) < 4.78 is 1.30. The fourth-order valence-corrected chi connectivity index (χ4v) is 2.03. The van der Waals surface area contributed by atoms with Gasteiger partial charge in [-0.3, -0.25) is 0 Å². The van der Waals surface area contributed by atoms with Gasteiger partial charge in [0.25, 0.3) is 0 Å². The zero-order valence-corrected chi connectivity index (χ0v) is 10.9. The Balaban J connectivity index is 2.52. The van der Waals surface area contributed by atoms with Crippen LogP contribution in [-0.4, -0.2) is 26.1 Å². The van der Waals surface area contributed by atoms with Crippen LogP contribution < -0.4 is 0 Å². The number of nitrogens with zero attached hydrogens (tertiary/aromatic N) is 3. The van der Waals surface area contributed by atoms with Gasteiger partial charge < -0.3 is 5.11 Å². The number of carbonyl (C=O) groups is 1. The van der Waals surface area contributed by atoms with Gasteiger partial charge in [0.15, 0.2) is 0 Å². The van der Waals surface area contributed by atoms with Crippen LogP contribution in [0.3, 0.4) is 0 Å². The van der Waals surface area contributed by atoms with Crippen molar-refractivity contribution in [1.82, 2.24) is 15.0 Å². The van der Waals surface area contributed by atoms with E-state index in [4.69, 9.17) is 28.3 Å². The number of benzene rings is 1. The third kappa shape index (κ3) is 2.32. The number of carboxylic acids is 1. The molecule has 1 N–H and O–H groups in total. The number of hydrogen-bond donors (Lipinski definition) is 1. The second kappa shape index (κ2) is 4.96. The van der Waals surface area contributed by atoms with Crippen LogP contribution in [0.2, 0.25) is 10.0 Å². The molecule has 1 heterocycles. The summed E-state index contributed by atoms with van der Waals surface area (Å²) in [5, 5.41) is 17.4. The van der Waals surface area contributed by atoms with Crippen LogP contribution in [0.1, 0.15) is 13.0 Å². The summed E-state index contributed by atoms with van der Waals surface area (Å²) in [6, 6.07) is 4.13. The van der Waals surface area contributed by atoms with Gasteiger partial charge in [0, 0.05) is 10.6 Å². The van der Waals surface area contributed by atoms with Gasteiger partial charge in [-0.25, -0.2) is 9.48 Å². The Hall–Kier alpha value is -1.59. The van der Waals surface area contributed by atoms with E-state index in [0.717, 1.165) is 0 Å². The van der Waals surface area contributed by atoms with Crippen LogP contribution in [-0.2, 0) is 4.79 Å². The molecule has 7 heteroatoms. The lowest BCUT2D eigenvalue weighted by atomic mass is 10.1. The molecule has 1 atom stereocenters. The van der Waals surface area contributed by atoms with Crippen LogP contribution in [0, 0.1) is 0 Å². The first-order valence-corrected chi connectivity index (χ1v) is 5.84. The lowest BCUT2D eigenvalue weighted by molar-refractivity contribution is -0.140. The molecule has 0 aliphatic heterocycles. The summed E-state index contributed by atoms with van der Waals surface area (Å²) in [7, 11) is 0. The molecule has 1 aromatic heterocycles. The highest BCUT2D eigenvalue weighted by molar-refractivity contribution is 6.36. The van der Waals surface area contributed by atoms with Gasteiger partial charge in [0.2, 0.25) is 0 Å². The van der Waals surface area contributed by atoms with Crippen molar-refractivity contribution in [1.29, 1.82) is 0 Å². The molecule has 0 radical (unpaired) electrons. The van der Waals surface area contributed by atoms with Crippen LogP contribution >= 0.6 is 23.2 Å². The third-order valence-electron chi connectivity index (χ3n) is 2.51. The zero-order valence-electron chi connectivity index (χ0n) is 9.34. The van der Waals surface area contributed by atoms with E-state index in [1.807, 2.05) is 0 Å². The SMILES string of the molecule is CC(C(=O)O)n1nncc1-c1ccc(Cl)cc1Cl. The molecule has 2 rings (SSSR count). The van der Waals surface area contributed by atoms with Crippen molar-refractivity contribution < 1.29 is 9.90 Å².